The van der Waals surface area contributed by atoms with Crippen LogP contribution >= 0.6 is 0 Å². The molecule has 0 amide bonds. The van der Waals surface area contributed by atoms with Gasteiger partial charge in [0.1, 0.15) is 0 Å². The van der Waals surface area contributed by atoms with Crippen molar-refractivity contribution in [2.45, 2.75) is 19.9 Å². The Bertz CT molecular complexity index is 832. The molecule has 21 heavy (non-hydrogen) atoms. The molecular weight excluding hydrogens is 264 g/mol. The fourth-order valence-corrected chi connectivity index (χ4v) is 2.46. The van der Waals surface area contributed by atoms with Crippen LogP contribution in [0.15, 0.2) is 41.3 Å². The van der Waals surface area contributed by atoms with Crippen molar-refractivity contribution in [1.29, 1.82) is 0 Å². The van der Waals surface area contributed by atoms with Gasteiger partial charge in [0.2, 0.25) is 0 Å². The predicted molar refractivity (Wildman–Crippen MR) is 84.5 cm³/mol. The van der Waals surface area contributed by atoms with Gasteiger partial charge < -0.3 is 10.3 Å². The highest BCUT2D eigenvalue weighted by atomic mass is 16.1. The Morgan fingerprint density at radius 3 is 2.95 bits per heavy atom. The average molecular weight is 282 g/mol. The second kappa shape index (κ2) is 5.44. The van der Waals surface area contributed by atoms with Crippen LogP contribution in [0.25, 0.3) is 10.9 Å². The summed E-state index contributed by atoms with van der Waals surface area (Å²) in [6.07, 6.45) is 2.80. The number of aromatic amines is 1. The van der Waals surface area contributed by atoms with Crippen molar-refractivity contribution in [3.63, 3.8) is 0 Å². The molecule has 3 rings (SSSR count). The molecule has 0 aliphatic heterocycles. The Kier molecular flexibility index (Phi) is 3.48. The van der Waals surface area contributed by atoms with E-state index in [1.54, 1.807) is 4.68 Å². The van der Waals surface area contributed by atoms with Gasteiger partial charge in [0.15, 0.2) is 0 Å². The number of fused-ring (bicyclic) bond motifs is 1. The Morgan fingerprint density at radius 1 is 1.33 bits per heavy atom. The second-order valence-electron chi connectivity index (χ2n) is 5.08. The fraction of sp³-hybridized carbons (Fsp3) is 0.250. The van der Waals surface area contributed by atoms with E-state index in [2.05, 4.69) is 22.3 Å². The monoisotopic (exact) mass is 282 g/mol. The normalized spacial score (nSPS) is 11.0. The topological polar surface area (TPSA) is 62.7 Å². The maximum absolute atomic E-state index is 12.1. The minimum Gasteiger partial charge on any atom is -0.378 e. The largest absolute Gasteiger partial charge is 0.378 e. The summed E-state index contributed by atoms with van der Waals surface area (Å²) in [4.78, 5) is 15.0. The number of hydrogen-bond donors (Lipinski definition) is 2. The van der Waals surface area contributed by atoms with Gasteiger partial charge in [0.05, 0.1) is 11.4 Å². The van der Waals surface area contributed by atoms with E-state index in [1.807, 2.05) is 43.6 Å². The molecule has 3 aromatic rings. The zero-order chi connectivity index (χ0) is 14.8. The summed E-state index contributed by atoms with van der Waals surface area (Å²) >= 11 is 0. The van der Waals surface area contributed by atoms with Crippen molar-refractivity contribution in [2.24, 2.45) is 7.05 Å². The smallest absolute Gasteiger partial charge is 0.253 e. The zero-order valence-corrected chi connectivity index (χ0v) is 12.2. The Labute approximate surface area is 122 Å². The van der Waals surface area contributed by atoms with E-state index in [1.165, 1.54) is 0 Å². The van der Waals surface area contributed by atoms with Gasteiger partial charge in [0, 0.05) is 30.9 Å². The summed E-state index contributed by atoms with van der Waals surface area (Å²) in [7, 11) is 1.90. The summed E-state index contributed by atoms with van der Waals surface area (Å²) in [5, 5.41) is 8.72. The molecule has 5 heteroatoms. The first-order chi connectivity index (χ1) is 10.2. The van der Waals surface area contributed by atoms with Crippen LogP contribution in [0.1, 0.15) is 18.2 Å². The van der Waals surface area contributed by atoms with Crippen LogP contribution in [0.4, 0.5) is 5.69 Å². The molecule has 2 aromatic heterocycles. The number of hydrogen-bond acceptors (Lipinski definition) is 3. The lowest BCUT2D eigenvalue weighted by atomic mass is 10.1. The number of nitrogens with one attached hydrogen (secondary N) is 2. The molecule has 5 nitrogen and oxygen atoms in total. The van der Waals surface area contributed by atoms with E-state index in [0.717, 1.165) is 34.3 Å². The van der Waals surface area contributed by atoms with Crippen molar-refractivity contribution in [2.75, 3.05) is 5.32 Å². The third-order valence-electron chi connectivity index (χ3n) is 3.54. The van der Waals surface area contributed by atoms with Crippen LogP contribution in [-0.4, -0.2) is 14.8 Å². The molecule has 0 atom stereocenters. The average Bonchev–Trinajstić information content (AvgIpc) is 2.85. The molecule has 2 heterocycles. The molecule has 0 aliphatic carbocycles. The van der Waals surface area contributed by atoms with Crippen LogP contribution in [-0.2, 0) is 20.0 Å². The second-order valence-corrected chi connectivity index (χ2v) is 5.08. The van der Waals surface area contributed by atoms with Crippen LogP contribution in [0.2, 0.25) is 0 Å². The fourth-order valence-electron chi connectivity index (χ4n) is 2.46. The van der Waals surface area contributed by atoms with Crippen molar-refractivity contribution in [3.05, 3.63) is 58.1 Å². The first-order valence-electron chi connectivity index (χ1n) is 7.04. The van der Waals surface area contributed by atoms with Crippen LogP contribution in [0, 0.1) is 0 Å². The van der Waals surface area contributed by atoms with Gasteiger partial charge in [-0.05, 0) is 23.9 Å². The molecule has 0 spiro atoms. The number of anilines is 1. The highest BCUT2D eigenvalue weighted by Crippen LogP contribution is 2.15. The van der Waals surface area contributed by atoms with Crippen LogP contribution in [0.5, 0.6) is 0 Å². The number of para-hydroxylation sites is 1. The van der Waals surface area contributed by atoms with E-state index in [4.69, 9.17) is 0 Å². The van der Waals surface area contributed by atoms with E-state index in [9.17, 15) is 4.79 Å². The van der Waals surface area contributed by atoms with Crippen molar-refractivity contribution in [3.8, 4) is 0 Å². The van der Waals surface area contributed by atoms with Gasteiger partial charge in [0.25, 0.3) is 5.56 Å². The van der Waals surface area contributed by atoms with Gasteiger partial charge in [-0.25, -0.2) is 0 Å². The summed E-state index contributed by atoms with van der Waals surface area (Å²) in [5.74, 6) is 0. The van der Waals surface area contributed by atoms with Crippen molar-refractivity contribution >= 4 is 16.6 Å². The zero-order valence-electron chi connectivity index (χ0n) is 12.2. The highest BCUT2D eigenvalue weighted by molar-refractivity contribution is 5.78. The molecule has 0 unspecified atom stereocenters. The first kappa shape index (κ1) is 13.4. The number of rotatable bonds is 4. The quantitative estimate of drug-likeness (QED) is 0.772. The highest BCUT2D eigenvalue weighted by Gasteiger charge is 2.07. The molecule has 0 aliphatic rings. The Hall–Kier alpha value is -2.56. The standard InChI is InChI=1S/C16H18N4O/c1-3-13-15(10-20(2)19-13)17-9-12-8-11-6-4-5-7-14(11)18-16(12)21/h4-8,10,17H,3,9H2,1-2H3,(H,18,21). The molecular formula is C16H18N4O. The van der Waals surface area contributed by atoms with Gasteiger partial charge in [-0.2, -0.15) is 5.10 Å². The Balaban J connectivity index is 1.88. The molecule has 0 saturated carbocycles. The molecule has 2 N–H and O–H groups in total. The number of nitrogens with zero attached hydrogens (tertiary/aromatic N) is 2. The number of aromatic nitrogens is 3. The lowest BCUT2D eigenvalue weighted by Crippen LogP contribution is -2.15. The van der Waals surface area contributed by atoms with E-state index >= 15 is 0 Å². The van der Waals surface area contributed by atoms with E-state index in [-0.39, 0.29) is 5.56 Å². The summed E-state index contributed by atoms with van der Waals surface area (Å²) in [5.41, 5.74) is 3.52. The maximum Gasteiger partial charge on any atom is 0.253 e. The minimum atomic E-state index is -0.0526. The molecule has 0 fully saturated rings. The summed E-state index contributed by atoms with van der Waals surface area (Å²) in [6.45, 7) is 2.55. The minimum absolute atomic E-state index is 0.0526. The maximum atomic E-state index is 12.1. The van der Waals surface area contributed by atoms with Crippen molar-refractivity contribution < 1.29 is 0 Å². The van der Waals surface area contributed by atoms with Crippen LogP contribution < -0.4 is 10.9 Å². The molecule has 108 valence electrons. The molecule has 0 radical (unpaired) electrons. The van der Waals surface area contributed by atoms with Crippen LogP contribution in [0.3, 0.4) is 0 Å². The lowest BCUT2D eigenvalue weighted by Gasteiger charge is -2.06. The van der Waals surface area contributed by atoms with Gasteiger partial charge in [-0.3, -0.25) is 9.48 Å². The van der Waals surface area contributed by atoms with E-state index in [0.29, 0.717) is 6.54 Å². The van der Waals surface area contributed by atoms with Gasteiger partial charge >= 0.3 is 0 Å². The molecule has 0 bridgehead atoms. The summed E-state index contributed by atoms with van der Waals surface area (Å²) < 4.78 is 1.78. The van der Waals surface area contributed by atoms with Crippen molar-refractivity contribution in [1.82, 2.24) is 14.8 Å². The van der Waals surface area contributed by atoms with Gasteiger partial charge in [-0.1, -0.05) is 25.1 Å². The number of benzene rings is 1. The number of aryl methyl sites for hydroxylation is 2. The third-order valence-corrected chi connectivity index (χ3v) is 3.54. The van der Waals surface area contributed by atoms with E-state index < -0.39 is 0 Å². The molecule has 0 saturated heterocycles. The molecule has 1 aromatic carbocycles. The SMILES string of the molecule is CCc1nn(C)cc1NCc1cc2ccccc2[nH]c1=O. The first-order valence-corrected chi connectivity index (χ1v) is 7.04. The third kappa shape index (κ3) is 2.67. The number of H-pyrrole nitrogens is 1. The predicted octanol–water partition coefficient (Wildman–Crippen LogP) is 2.44. The lowest BCUT2D eigenvalue weighted by molar-refractivity contribution is 0.746. The van der Waals surface area contributed by atoms with Gasteiger partial charge in [-0.15, -0.1) is 0 Å². The number of pyridine rings is 1. The Morgan fingerprint density at radius 2 is 2.14 bits per heavy atom. The summed E-state index contributed by atoms with van der Waals surface area (Å²) in [6, 6.07) is 9.72.